The van der Waals surface area contributed by atoms with E-state index in [0.29, 0.717) is 31.7 Å². The van der Waals surface area contributed by atoms with E-state index in [2.05, 4.69) is 10.2 Å². The molecule has 8 nitrogen and oxygen atoms in total. The molecular formula is C21H24N4O4S2. The summed E-state index contributed by atoms with van der Waals surface area (Å²) in [6, 6.07) is 11.0. The molecule has 1 aliphatic rings. The van der Waals surface area contributed by atoms with Crippen LogP contribution in [0.5, 0.6) is 0 Å². The van der Waals surface area contributed by atoms with Crippen LogP contribution in [0.25, 0.3) is 11.5 Å². The quantitative estimate of drug-likeness (QED) is 0.534. The number of hydrogen-bond donors (Lipinski definition) is 0. The molecule has 1 amide bonds. The van der Waals surface area contributed by atoms with Crippen LogP contribution >= 0.6 is 11.3 Å². The fourth-order valence-corrected chi connectivity index (χ4v) is 6.25. The molecule has 0 N–H and O–H groups in total. The molecular weight excluding hydrogens is 436 g/mol. The standard InChI is InChI=1S/C21H24N4O4S2/c1-2-25(14-16-9-5-3-6-10-16)31(27,28)18-13-17(15-30-18)19-22-23-20(29-19)21(26)24-11-7-4-8-12-24/h3,5-6,9-10,13,15H,2,4,7-8,11-12,14H2,1H3. The van der Waals surface area contributed by atoms with Crippen molar-refractivity contribution in [3.63, 3.8) is 0 Å². The Hall–Kier alpha value is -2.56. The second-order valence-electron chi connectivity index (χ2n) is 7.34. The lowest BCUT2D eigenvalue weighted by Gasteiger charge is -2.24. The van der Waals surface area contributed by atoms with Gasteiger partial charge in [-0.25, -0.2) is 8.42 Å². The molecule has 2 aromatic heterocycles. The first-order valence-corrected chi connectivity index (χ1v) is 12.6. The van der Waals surface area contributed by atoms with Crippen LogP contribution in [0.15, 0.2) is 50.4 Å². The van der Waals surface area contributed by atoms with Crippen molar-refractivity contribution in [2.24, 2.45) is 0 Å². The number of sulfonamides is 1. The number of nitrogens with zero attached hydrogens (tertiary/aromatic N) is 4. The van der Waals surface area contributed by atoms with Gasteiger partial charge >= 0.3 is 11.8 Å². The topological polar surface area (TPSA) is 96.6 Å². The minimum Gasteiger partial charge on any atom is -0.412 e. The smallest absolute Gasteiger partial charge is 0.311 e. The number of rotatable bonds is 7. The highest BCUT2D eigenvalue weighted by Crippen LogP contribution is 2.30. The van der Waals surface area contributed by atoms with Gasteiger partial charge in [-0.2, -0.15) is 4.31 Å². The van der Waals surface area contributed by atoms with Crippen molar-refractivity contribution in [1.82, 2.24) is 19.4 Å². The summed E-state index contributed by atoms with van der Waals surface area (Å²) in [5, 5.41) is 9.51. The summed E-state index contributed by atoms with van der Waals surface area (Å²) < 4.78 is 33.5. The van der Waals surface area contributed by atoms with E-state index in [-0.39, 0.29) is 21.9 Å². The van der Waals surface area contributed by atoms with Crippen LogP contribution in [-0.2, 0) is 16.6 Å². The maximum atomic E-state index is 13.1. The highest BCUT2D eigenvalue weighted by molar-refractivity contribution is 7.91. The molecule has 164 valence electrons. The molecule has 0 unspecified atom stereocenters. The van der Waals surface area contributed by atoms with Crippen LogP contribution in [0.3, 0.4) is 0 Å². The van der Waals surface area contributed by atoms with Crippen LogP contribution < -0.4 is 0 Å². The third-order valence-electron chi connectivity index (χ3n) is 5.22. The summed E-state index contributed by atoms with van der Waals surface area (Å²) in [4.78, 5) is 14.3. The highest BCUT2D eigenvalue weighted by Gasteiger charge is 2.27. The van der Waals surface area contributed by atoms with Crippen LogP contribution in [-0.4, -0.2) is 53.4 Å². The number of carbonyl (C=O) groups excluding carboxylic acids is 1. The van der Waals surface area contributed by atoms with Crippen LogP contribution in [0.2, 0.25) is 0 Å². The van der Waals surface area contributed by atoms with Gasteiger partial charge in [0.1, 0.15) is 4.21 Å². The van der Waals surface area contributed by atoms with Gasteiger partial charge in [-0.05, 0) is 30.9 Å². The summed E-state index contributed by atoms with van der Waals surface area (Å²) in [5.74, 6) is -0.197. The van der Waals surface area contributed by atoms with Crippen molar-refractivity contribution in [2.45, 2.75) is 36.9 Å². The zero-order chi connectivity index (χ0) is 21.8. The molecule has 10 heteroatoms. The van der Waals surface area contributed by atoms with E-state index in [4.69, 9.17) is 4.42 Å². The second kappa shape index (κ2) is 9.29. The molecule has 0 spiro atoms. The predicted molar refractivity (Wildman–Crippen MR) is 117 cm³/mol. The highest BCUT2D eigenvalue weighted by atomic mass is 32.2. The predicted octanol–water partition coefficient (Wildman–Crippen LogP) is 3.64. The Morgan fingerprint density at radius 2 is 1.90 bits per heavy atom. The summed E-state index contributed by atoms with van der Waals surface area (Å²) in [6.45, 7) is 3.82. The molecule has 3 heterocycles. The van der Waals surface area contributed by atoms with E-state index in [1.165, 1.54) is 10.4 Å². The molecule has 1 aromatic carbocycles. The van der Waals surface area contributed by atoms with Crippen LogP contribution in [0.1, 0.15) is 42.4 Å². The first kappa shape index (κ1) is 21.7. The molecule has 1 saturated heterocycles. The van der Waals surface area contributed by atoms with Gasteiger partial charge < -0.3 is 9.32 Å². The maximum absolute atomic E-state index is 13.1. The molecule has 0 atom stereocenters. The number of aromatic nitrogens is 2. The largest absolute Gasteiger partial charge is 0.412 e. The van der Waals surface area contributed by atoms with Crippen molar-refractivity contribution >= 4 is 27.3 Å². The van der Waals surface area contributed by atoms with Crippen molar-refractivity contribution in [3.05, 3.63) is 53.2 Å². The summed E-state index contributed by atoms with van der Waals surface area (Å²) >= 11 is 1.10. The SMILES string of the molecule is CCN(Cc1ccccc1)S(=O)(=O)c1cc(-c2nnc(C(=O)N3CCCCC3)o2)cs1. The number of amides is 1. The molecule has 0 aliphatic carbocycles. The maximum Gasteiger partial charge on any atom is 0.311 e. The van der Waals surface area contributed by atoms with Gasteiger partial charge in [0.2, 0.25) is 5.89 Å². The van der Waals surface area contributed by atoms with E-state index in [1.54, 1.807) is 10.3 Å². The Labute approximate surface area is 185 Å². The lowest BCUT2D eigenvalue weighted by atomic mass is 10.1. The average Bonchev–Trinajstić information content (AvgIpc) is 3.48. The van der Waals surface area contributed by atoms with Crippen LogP contribution in [0, 0.1) is 0 Å². The van der Waals surface area contributed by atoms with Gasteiger partial charge in [-0.15, -0.1) is 21.5 Å². The van der Waals surface area contributed by atoms with Gasteiger partial charge in [-0.3, -0.25) is 4.79 Å². The first-order valence-electron chi connectivity index (χ1n) is 10.2. The van der Waals surface area contributed by atoms with E-state index in [9.17, 15) is 13.2 Å². The van der Waals surface area contributed by atoms with Crippen molar-refractivity contribution < 1.29 is 17.6 Å². The lowest BCUT2D eigenvalue weighted by Crippen LogP contribution is -2.35. The number of carbonyl (C=O) groups is 1. The summed E-state index contributed by atoms with van der Waals surface area (Å²) in [5.41, 5.74) is 1.41. The molecule has 0 saturated carbocycles. The van der Waals surface area contributed by atoms with Crippen molar-refractivity contribution in [3.8, 4) is 11.5 Å². The summed E-state index contributed by atoms with van der Waals surface area (Å²) in [7, 11) is -3.68. The number of hydrogen-bond acceptors (Lipinski definition) is 7. The molecule has 1 aliphatic heterocycles. The minimum atomic E-state index is -3.68. The number of thiophene rings is 1. The van der Waals surface area contributed by atoms with E-state index in [1.807, 2.05) is 37.3 Å². The molecule has 1 fully saturated rings. The fraction of sp³-hybridized carbons (Fsp3) is 0.381. The normalized spacial score (nSPS) is 14.8. The zero-order valence-electron chi connectivity index (χ0n) is 17.2. The minimum absolute atomic E-state index is 0.0632. The zero-order valence-corrected chi connectivity index (χ0v) is 18.9. The van der Waals surface area contributed by atoms with Gasteiger partial charge in [0.15, 0.2) is 0 Å². The Morgan fingerprint density at radius 1 is 1.16 bits per heavy atom. The molecule has 3 aromatic rings. The van der Waals surface area contributed by atoms with Gasteiger partial charge in [0.25, 0.3) is 10.0 Å². The Morgan fingerprint density at radius 3 is 2.61 bits per heavy atom. The van der Waals surface area contributed by atoms with Gasteiger partial charge in [0.05, 0.1) is 5.56 Å². The molecule has 31 heavy (non-hydrogen) atoms. The average molecular weight is 461 g/mol. The Kier molecular flexibility index (Phi) is 6.49. The van der Waals surface area contributed by atoms with E-state index < -0.39 is 10.0 Å². The lowest BCUT2D eigenvalue weighted by molar-refractivity contribution is 0.0684. The number of piperidine rings is 1. The molecule has 0 radical (unpaired) electrons. The Balaban J connectivity index is 1.52. The van der Waals surface area contributed by atoms with E-state index >= 15 is 0 Å². The monoisotopic (exact) mass is 460 g/mol. The van der Waals surface area contributed by atoms with Gasteiger partial charge in [0, 0.05) is 31.6 Å². The fourth-order valence-electron chi connectivity index (χ4n) is 3.50. The molecule has 0 bridgehead atoms. The van der Waals surface area contributed by atoms with Gasteiger partial charge in [-0.1, -0.05) is 37.3 Å². The third-order valence-corrected chi connectivity index (χ3v) is 8.56. The van der Waals surface area contributed by atoms with E-state index in [0.717, 1.165) is 36.2 Å². The number of benzene rings is 1. The third kappa shape index (κ3) is 4.70. The Bertz CT molecular complexity index is 1140. The molecule has 4 rings (SSSR count). The first-order chi connectivity index (χ1) is 15.0. The summed E-state index contributed by atoms with van der Waals surface area (Å²) in [6.07, 6.45) is 3.05. The van der Waals surface area contributed by atoms with Crippen molar-refractivity contribution in [2.75, 3.05) is 19.6 Å². The van der Waals surface area contributed by atoms with Crippen molar-refractivity contribution in [1.29, 1.82) is 0 Å². The second-order valence-corrected chi connectivity index (χ2v) is 10.4. The number of likely N-dealkylation sites (tertiary alicyclic amines) is 1. The van der Waals surface area contributed by atoms with Crippen LogP contribution in [0.4, 0.5) is 0 Å².